The van der Waals surface area contributed by atoms with Crippen molar-refractivity contribution in [3.8, 4) is 0 Å². The molecule has 24 heavy (non-hydrogen) atoms. The van der Waals surface area contributed by atoms with Crippen LogP contribution < -0.4 is 5.32 Å². The molecule has 0 aliphatic carbocycles. The van der Waals surface area contributed by atoms with Crippen LogP contribution in [0.1, 0.15) is 33.1 Å². The molecule has 7 heteroatoms. The molecule has 6 nitrogen and oxygen atoms in total. The van der Waals surface area contributed by atoms with Crippen molar-refractivity contribution in [3.63, 3.8) is 0 Å². The summed E-state index contributed by atoms with van der Waals surface area (Å²) in [4.78, 5) is 7.20. The van der Waals surface area contributed by atoms with Crippen LogP contribution in [-0.4, -0.2) is 68.7 Å². The van der Waals surface area contributed by atoms with E-state index in [0.29, 0.717) is 48.1 Å². The summed E-state index contributed by atoms with van der Waals surface area (Å²) in [5, 5.41) is 3.49. The topological polar surface area (TPSA) is 71.0 Å². The van der Waals surface area contributed by atoms with Gasteiger partial charge in [-0.05, 0) is 39.0 Å². The molecule has 4 saturated heterocycles. The van der Waals surface area contributed by atoms with E-state index in [1.807, 2.05) is 0 Å². The number of ether oxygens (including phenoxy) is 1. The van der Waals surface area contributed by atoms with Crippen LogP contribution in [0.3, 0.4) is 0 Å². The van der Waals surface area contributed by atoms with E-state index >= 15 is 0 Å². The van der Waals surface area contributed by atoms with Gasteiger partial charge in [0.15, 0.2) is 15.8 Å². The zero-order chi connectivity index (χ0) is 16.9. The first-order chi connectivity index (χ1) is 11.4. The first kappa shape index (κ1) is 16.6. The summed E-state index contributed by atoms with van der Waals surface area (Å²) in [5.74, 6) is 3.07. The van der Waals surface area contributed by atoms with E-state index in [4.69, 9.17) is 9.73 Å². The molecule has 136 valence electrons. The predicted octanol–water partition coefficient (Wildman–Crippen LogP) is 0.884. The Morgan fingerprint density at radius 3 is 2.42 bits per heavy atom. The van der Waals surface area contributed by atoms with Gasteiger partial charge >= 0.3 is 0 Å². The lowest BCUT2D eigenvalue weighted by Gasteiger charge is -2.25. The van der Waals surface area contributed by atoms with E-state index in [1.165, 1.54) is 12.8 Å². The Bertz CT molecular complexity index is 601. The fourth-order valence-corrected chi connectivity index (χ4v) is 6.71. The second-order valence-corrected chi connectivity index (χ2v) is 10.5. The number of sulfone groups is 1. The quantitative estimate of drug-likeness (QED) is 0.601. The maximum absolute atomic E-state index is 11.6. The molecule has 0 spiro atoms. The van der Waals surface area contributed by atoms with Crippen molar-refractivity contribution in [2.45, 2.75) is 51.4 Å². The summed E-state index contributed by atoms with van der Waals surface area (Å²) in [6.07, 6.45) is 4.08. The van der Waals surface area contributed by atoms with Crippen molar-refractivity contribution in [2.24, 2.45) is 22.7 Å². The SMILES string of the molecule is CC(C)NC(=NCC1CCS(=O)(=O)C1)N1CC2C3CCC(O3)C2C1. The molecule has 0 amide bonds. The molecule has 0 saturated carbocycles. The molecular weight excluding hydrogens is 326 g/mol. The van der Waals surface area contributed by atoms with E-state index in [1.54, 1.807) is 0 Å². The van der Waals surface area contributed by atoms with Gasteiger partial charge in [-0.25, -0.2) is 8.42 Å². The van der Waals surface area contributed by atoms with Crippen LogP contribution in [0.25, 0.3) is 0 Å². The highest BCUT2D eigenvalue weighted by molar-refractivity contribution is 7.91. The largest absolute Gasteiger partial charge is 0.374 e. The normalized spacial score (nSPS) is 40.5. The maximum Gasteiger partial charge on any atom is 0.194 e. The van der Waals surface area contributed by atoms with Crippen molar-refractivity contribution in [3.05, 3.63) is 0 Å². The summed E-state index contributed by atoms with van der Waals surface area (Å²) in [7, 11) is -2.82. The van der Waals surface area contributed by atoms with Gasteiger partial charge in [0, 0.05) is 37.5 Å². The van der Waals surface area contributed by atoms with Crippen LogP contribution in [0.5, 0.6) is 0 Å². The van der Waals surface area contributed by atoms with Crippen LogP contribution in [0, 0.1) is 17.8 Å². The first-order valence-corrected chi connectivity index (χ1v) is 11.2. The third kappa shape index (κ3) is 3.17. The number of rotatable bonds is 3. The van der Waals surface area contributed by atoms with Gasteiger partial charge in [-0.2, -0.15) is 0 Å². The molecule has 4 heterocycles. The van der Waals surface area contributed by atoms with E-state index in [0.717, 1.165) is 25.5 Å². The van der Waals surface area contributed by atoms with Crippen LogP contribution in [-0.2, 0) is 14.6 Å². The second kappa shape index (κ2) is 6.16. The molecule has 5 unspecified atom stereocenters. The average Bonchev–Trinajstić information content (AvgIpc) is 3.23. The van der Waals surface area contributed by atoms with E-state index in [2.05, 4.69) is 24.1 Å². The lowest BCUT2D eigenvalue weighted by atomic mass is 9.82. The molecule has 4 rings (SSSR count). The zero-order valence-corrected chi connectivity index (χ0v) is 15.5. The van der Waals surface area contributed by atoms with Gasteiger partial charge in [0.25, 0.3) is 0 Å². The minimum atomic E-state index is -2.82. The van der Waals surface area contributed by atoms with Crippen molar-refractivity contribution < 1.29 is 13.2 Å². The monoisotopic (exact) mass is 355 g/mol. The Labute approximate surface area is 144 Å². The van der Waals surface area contributed by atoms with Crippen molar-refractivity contribution in [1.29, 1.82) is 0 Å². The highest BCUT2D eigenvalue weighted by Crippen LogP contribution is 2.47. The number of hydrogen-bond acceptors (Lipinski definition) is 4. The summed E-state index contributed by atoms with van der Waals surface area (Å²) < 4.78 is 29.3. The van der Waals surface area contributed by atoms with E-state index in [-0.39, 0.29) is 5.92 Å². The minimum Gasteiger partial charge on any atom is -0.374 e. The molecule has 5 atom stereocenters. The third-order valence-electron chi connectivity index (χ3n) is 6.00. The summed E-state index contributed by atoms with van der Waals surface area (Å²) in [6.45, 7) is 6.91. The minimum absolute atomic E-state index is 0.181. The fourth-order valence-electron chi connectivity index (χ4n) is 4.86. The van der Waals surface area contributed by atoms with Crippen molar-refractivity contribution in [2.75, 3.05) is 31.1 Å². The highest BCUT2D eigenvalue weighted by Gasteiger charge is 2.53. The van der Waals surface area contributed by atoms with E-state index < -0.39 is 9.84 Å². The number of likely N-dealkylation sites (tertiary alicyclic amines) is 1. The second-order valence-electron chi connectivity index (χ2n) is 8.26. The van der Waals surface area contributed by atoms with Gasteiger partial charge < -0.3 is 15.0 Å². The molecule has 0 aromatic heterocycles. The number of fused-ring (bicyclic) bond motifs is 5. The molecule has 4 fully saturated rings. The number of nitrogens with zero attached hydrogens (tertiary/aromatic N) is 2. The first-order valence-electron chi connectivity index (χ1n) is 9.33. The smallest absolute Gasteiger partial charge is 0.194 e. The fraction of sp³-hybridized carbons (Fsp3) is 0.941. The molecule has 4 aliphatic rings. The maximum atomic E-state index is 11.6. The Morgan fingerprint density at radius 2 is 1.88 bits per heavy atom. The lowest BCUT2D eigenvalue weighted by Crippen LogP contribution is -2.44. The summed E-state index contributed by atoms with van der Waals surface area (Å²) in [5.41, 5.74) is 0. The molecule has 1 N–H and O–H groups in total. The Kier molecular flexibility index (Phi) is 4.27. The molecule has 2 bridgehead atoms. The Balaban J connectivity index is 1.43. The van der Waals surface area contributed by atoms with Crippen LogP contribution in [0.15, 0.2) is 4.99 Å². The van der Waals surface area contributed by atoms with Gasteiger partial charge in [-0.1, -0.05) is 0 Å². The Morgan fingerprint density at radius 1 is 1.21 bits per heavy atom. The number of hydrogen-bond donors (Lipinski definition) is 1. The molecule has 4 aliphatic heterocycles. The van der Waals surface area contributed by atoms with E-state index in [9.17, 15) is 8.42 Å². The van der Waals surface area contributed by atoms with Crippen LogP contribution in [0.2, 0.25) is 0 Å². The zero-order valence-electron chi connectivity index (χ0n) is 14.6. The number of guanidine groups is 1. The summed E-state index contributed by atoms with van der Waals surface area (Å²) >= 11 is 0. The number of aliphatic imine (C=N–C) groups is 1. The average molecular weight is 356 g/mol. The molecular formula is C17H29N3O3S. The van der Waals surface area contributed by atoms with Gasteiger partial charge in [0.1, 0.15) is 0 Å². The van der Waals surface area contributed by atoms with Crippen LogP contribution in [0.4, 0.5) is 0 Å². The number of nitrogens with one attached hydrogen (secondary N) is 1. The predicted molar refractivity (Wildman–Crippen MR) is 93.8 cm³/mol. The highest BCUT2D eigenvalue weighted by atomic mass is 32.2. The van der Waals surface area contributed by atoms with Crippen molar-refractivity contribution in [1.82, 2.24) is 10.2 Å². The Hall–Kier alpha value is -0.820. The third-order valence-corrected chi connectivity index (χ3v) is 7.83. The summed E-state index contributed by atoms with van der Waals surface area (Å²) in [6, 6.07) is 0.324. The molecule has 0 aromatic rings. The lowest BCUT2D eigenvalue weighted by molar-refractivity contribution is 0.0766. The van der Waals surface area contributed by atoms with Gasteiger partial charge in [0.2, 0.25) is 0 Å². The van der Waals surface area contributed by atoms with Gasteiger partial charge in [-0.15, -0.1) is 0 Å². The molecule has 0 radical (unpaired) electrons. The van der Waals surface area contributed by atoms with Crippen LogP contribution >= 0.6 is 0 Å². The molecule has 0 aromatic carbocycles. The van der Waals surface area contributed by atoms with Gasteiger partial charge in [-0.3, -0.25) is 4.99 Å². The standard InChI is InChI=1S/C17H29N3O3S/c1-11(2)19-17(18-7-12-5-6-24(21,22)10-12)20-8-13-14(9-20)16-4-3-15(13)23-16/h11-16H,3-10H2,1-2H3,(H,18,19). The van der Waals surface area contributed by atoms with Crippen molar-refractivity contribution >= 4 is 15.8 Å². The van der Waals surface area contributed by atoms with Gasteiger partial charge in [0.05, 0.1) is 23.7 Å².